The molecular formula is C19H20F3N5O2S. The van der Waals surface area contributed by atoms with Crippen molar-refractivity contribution in [2.75, 3.05) is 18.4 Å². The van der Waals surface area contributed by atoms with Crippen molar-refractivity contribution < 1.29 is 21.6 Å². The molecule has 11 heteroatoms. The average molecular weight is 439 g/mol. The van der Waals surface area contributed by atoms with Gasteiger partial charge < -0.3 is 9.88 Å². The Balaban J connectivity index is 1.52. The van der Waals surface area contributed by atoms with Gasteiger partial charge in [-0.15, -0.1) is 0 Å². The molecule has 0 radical (unpaired) electrons. The first kappa shape index (κ1) is 21.8. The summed E-state index contributed by atoms with van der Waals surface area (Å²) >= 11 is 0. The van der Waals surface area contributed by atoms with E-state index in [-0.39, 0.29) is 18.7 Å². The van der Waals surface area contributed by atoms with Crippen LogP contribution in [0.1, 0.15) is 17.0 Å². The summed E-state index contributed by atoms with van der Waals surface area (Å²) in [5.74, 6) is 1.38. The summed E-state index contributed by atoms with van der Waals surface area (Å²) in [7, 11) is -3.70. The SMILES string of the molecule is Cc1nc(NCCNS(=O)(=O)Cc2ccc(C(F)(F)F)cc2)cc(-n2cccc2)n1. The Morgan fingerprint density at radius 1 is 1.03 bits per heavy atom. The van der Waals surface area contributed by atoms with Crippen molar-refractivity contribution in [2.24, 2.45) is 0 Å². The number of aryl methyl sites for hydroxylation is 1. The third-order valence-corrected chi connectivity index (χ3v) is 5.44. The van der Waals surface area contributed by atoms with E-state index in [1.165, 1.54) is 0 Å². The van der Waals surface area contributed by atoms with Gasteiger partial charge in [0.1, 0.15) is 17.5 Å². The van der Waals surface area contributed by atoms with Crippen molar-refractivity contribution >= 4 is 15.8 Å². The van der Waals surface area contributed by atoms with E-state index in [0.29, 0.717) is 17.5 Å². The van der Waals surface area contributed by atoms with Gasteiger partial charge in [0, 0.05) is 31.5 Å². The summed E-state index contributed by atoms with van der Waals surface area (Å²) in [6.07, 6.45) is -0.760. The zero-order chi connectivity index (χ0) is 21.8. The Hall–Kier alpha value is -2.92. The first-order chi connectivity index (χ1) is 14.1. The molecule has 0 saturated carbocycles. The monoisotopic (exact) mass is 439 g/mol. The van der Waals surface area contributed by atoms with Crippen LogP contribution in [0.5, 0.6) is 0 Å². The zero-order valence-corrected chi connectivity index (χ0v) is 16.8. The van der Waals surface area contributed by atoms with Crippen molar-refractivity contribution in [1.82, 2.24) is 19.3 Å². The van der Waals surface area contributed by atoms with Crippen LogP contribution in [-0.2, 0) is 22.0 Å². The van der Waals surface area contributed by atoms with Crippen molar-refractivity contribution in [3.05, 3.63) is 71.8 Å². The fourth-order valence-electron chi connectivity index (χ4n) is 2.72. The minimum absolute atomic E-state index is 0.0882. The van der Waals surface area contributed by atoms with Crippen LogP contribution in [0.15, 0.2) is 54.9 Å². The topological polar surface area (TPSA) is 88.9 Å². The van der Waals surface area contributed by atoms with Gasteiger partial charge in [0.25, 0.3) is 0 Å². The maximum atomic E-state index is 12.6. The van der Waals surface area contributed by atoms with Crippen LogP contribution in [0.2, 0.25) is 0 Å². The largest absolute Gasteiger partial charge is 0.416 e. The van der Waals surface area contributed by atoms with E-state index in [9.17, 15) is 21.6 Å². The van der Waals surface area contributed by atoms with Gasteiger partial charge in [0.2, 0.25) is 10.0 Å². The Bertz CT molecular complexity index is 1080. The van der Waals surface area contributed by atoms with Crippen molar-refractivity contribution in [1.29, 1.82) is 0 Å². The standard InChI is InChI=1S/C19H20F3N5O2S/c1-14-25-17(12-18(26-14)27-10-2-3-11-27)23-8-9-24-30(28,29)13-15-4-6-16(7-5-15)19(20,21)22/h2-7,10-12,24H,8-9,13H2,1H3,(H,23,25,26). The van der Waals surface area contributed by atoms with Gasteiger partial charge >= 0.3 is 6.18 Å². The molecule has 0 spiro atoms. The predicted octanol–water partition coefficient (Wildman–Crippen LogP) is 3.13. The lowest BCUT2D eigenvalue weighted by Gasteiger charge is -2.11. The van der Waals surface area contributed by atoms with E-state index in [4.69, 9.17) is 0 Å². The average Bonchev–Trinajstić information content (AvgIpc) is 3.19. The maximum absolute atomic E-state index is 12.6. The summed E-state index contributed by atoms with van der Waals surface area (Å²) in [6.45, 7) is 2.11. The van der Waals surface area contributed by atoms with Gasteiger partial charge in [0.15, 0.2) is 0 Å². The molecule has 0 amide bonds. The summed E-state index contributed by atoms with van der Waals surface area (Å²) in [6, 6.07) is 9.54. The summed E-state index contributed by atoms with van der Waals surface area (Å²) in [4.78, 5) is 8.61. The molecule has 160 valence electrons. The van der Waals surface area contributed by atoms with E-state index < -0.39 is 27.5 Å². The Morgan fingerprint density at radius 3 is 2.33 bits per heavy atom. The van der Waals surface area contributed by atoms with Gasteiger partial charge in [0.05, 0.1) is 11.3 Å². The highest BCUT2D eigenvalue weighted by Gasteiger charge is 2.30. The highest BCUT2D eigenvalue weighted by molar-refractivity contribution is 7.88. The van der Waals surface area contributed by atoms with Crippen LogP contribution >= 0.6 is 0 Å². The van der Waals surface area contributed by atoms with Crippen molar-refractivity contribution in [3.8, 4) is 5.82 Å². The van der Waals surface area contributed by atoms with E-state index in [0.717, 1.165) is 24.3 Å². The molecule has 1 aromatic carbocycles. The normalized spacial score (nSPS) is 12.1. The van der Waals surface area contributed by atoms with Crippen LogP contribution in [0.3, 0.4) is 0 Å². The highest BCUT2D eigenvalue weighted by atomic mass is 32.2. The minimum atomic E-state index is -4.46. The molecule has 7 nitrogen and oxygen atoms in total. The fraction of sp³-hybridized carbons (Fsp3) is 0.263. The second kappa shape index (κ2) is 8.84. The van der Waals surface area contributed by atoms with Crippen LogP contribution in [0, 0.1) is 6.92 Å². The molecule has 2 aromatic heterocycles. The van der Waals surface area contributed by atoms with Gasteiger partial charge in [-0.05, 0) is 36.8 Å². The predicted molar refractivity (Wildman–Crippen MR) is 107 cm³/mol. The van der Waals surface area contributed by atoms with E-state index >= 15 is 0 Å². The van der Waals surface area contributed by atoms with Crippen LogP contribution in [-0.4, -0.2) is 36.0 Å². The lowest BCUT2D eigenvalue weighted by Crippen LogP contribution is -2.30. The quantitative estimate of drug-likeness (QED) is 0.527. The van der Waals surface area contributed by atoms with E-state index in [1.54, 1.807) is 13.0 Å². The number of nitrogens with zero attached hydrogens (tertiary/aromatic N) is 3. The number of rotatable bonds is 8. The third kappa shape index (κ3) is 6.04. The number of nitrogens with one attached hydrogen (secondary N) is 2. The first-order valence-electron chi connectivity index (χ1n) is 8.99. The summed E-state index contributed by atoms with van der Waals surface area (Å²) < 4.78 is 66.3. The summed E-state index contributed by atoms with van der Waals surface area (Å²) in [5, 5.41) is 3.03. The molecule has 2 N–H and O–H groups in total. The third-order valence-electron chi connectivity index (χ3n) is 4.08. The number of halogens is 3. The number of sulfonamides is 1. The molecule has 3 rings (SSSR count). The van der Waals surface area contributed by atoms with Crippen LogP contribution < -0.4 is 10.0 Å². The minimum Gasteiger partial charge on any atom is -0.369 e. The number of aromatic nitrogens is 3. The highest BCUT2D eigenvalue weighted by Crippen LogP contribution is 2.29. The fourth-order valence-corrected chi connectivity index (χ4v) is 3.87. The smallest absolute Gasteiger partial charge is 0.369 e. The van der Waals surface area contributed by atoms with Gasteiger partial charge in [-0.1, -0.05) is 12.1 Å². The Kier molecular flexibility index (Phi) is 6.42. The maximum Gasteiger partial charge on any atom is 0.416 e. The van der Waals surface area contributed by atoms with Crippen molar-refractivity contribution in [2.45, 2.75) is 18.9 Å². The molecule has 30 heavy (non-hydrogen) atoms. The molecule has 0 saturated heterocycles. The van der Waals surface area contributed by atoms with Gasteiger partial charge in [-0.2, -0.15) is 13.2 Å². The molecule has 0 fully saturated rings. The van der Waals surface area contributed by atoms with Crippen LogP contribution in [0.25, 0.3) is 5.82 Å². The molecule has 0 aliphatic carbocycles. The molecule has 3 aromatic rings. The first-order valence-corrected chi connectivity index (χ1v) is 10.6. The molecule has 2 heterocycles. The van der Waals surface area contributed by atoms with Gasteiger partial charge in [-0.25, -0.2) is 23.1 Å². The molecule has 0 aliphatic heterocycles. The van der Waals surface area contributed by atoms with E-state index in [2.05, 4.69) is 20.0 Å². The lowest BCUT2D eigenvalue weighted by molar-refractivity contribution is -0.137. The Labute approximate surface area is 172 Å². The van der Waals surface area contributed by atoms with Gasteiger partial charge in [-0.3, -0.25) is 0 Å². The number of hydrogen-bond acceptors (Lipinski definition) is 5. The molecule has 0 bridgehead atoms. The lowest BCUT2D eigenvalue weighted by atomic mass is 10.1. The molecule has 0 atom stereocenters. The second-order valence-corrected chi connectivity index (χ2v) is 8.33. The number of hydrogen-bond donors (Lipinski definition) is 2. The number of anilines is 1. The molecular weight excluding hydrogens is 419 g/mol. The Morgan fingerprint density at radius 2 is 1.70 bits per heavy atom. The van der Waals surface area contributed by atoms with Crippen molar-refractivity contribution in [3.63, 3.8) is 0 Å². The number of benzene rings is 1. The zero-order valence-electron chi connectivity index (χ0n) is 16.0. The van der Waals surface area contributed by atoms with Crippen LogP contribution in [0.4, 0.5) is 19.0 Å². The molecule has 0 aliphatic rings. The summed E-state index contributed by atoms with van der Waals surface area (Å²) in [5.41, 5.74) is -0.550. The number of alkyl halides is 3. The second-order valence-electron chi connectivity index (χ2n) is 6.52. The molecule has 0 unspecified atom stereocenters. The van der Waals surface area contributed by atoms with E-state index in [1.807, 2.05) is 29.1 Å².